The number of aryl methyl sites for hydroxylation is 1. The van der Waals surface area contributed by atoms with Crippen LogP contribution in [0.5, 0.6) is 0 Å². The highest BCUT2D eigenvalue weighted by atomic mass is 16.3. The van der Waals surface area contributed by atoms with E-state index in [1.807, 2.05) is 6.07 Å². The number of rotatable bonds is 1. The standard InChI is InChI=1S/C13H11NO/c1-14-12-5-3-2-4-10(12)8-13(14)11-6-7-15-9-11/h2-9H,1H3. The molecule has 0 saturated carbocycles. The Balaban J connectivity index is 2.33. The van der Waals surface area contributed by atoms with Crippen LogP contribution in [-0.4, -0.2) is 4.57 Å². The van der Waals surface area contributed by atoms with Gasteiger partial charge in [-0.2, -0.15) is 0 Å². The summed E-state index contributed by atoms with van der Waals surface area (Å²) in [4.78, 5) is 0. The molecule has 0 bridgehead atoms. The zero-order chi connectivity index (χ0) is 10.3. The maximum atomic E-state index is 5.11. The first-order chi connectivity index (χ1) is 7.36. The lowest BCUT2D eigenvalue weighted by molar-refractivity contribution is 0.568. The van der Waals surface area contributed by atoms with Gasteiger partial charge in [0.1, 0.15) is 0 Å². The molecule has 0 aliphatic carbocycles. The van der Waals surface area contributed by atoms with E-state index in [1.54, 1.807) is 12.5 Å². The third-order valence-corrected chi connectivity index (χ3v) is 2.77. The molecule has 0 amide bonds. The SMILES string of the molecule is Cn1c(-c2ccoc2)cc2ccccc21. The van der Waals surface area contributed by atoms with Crippen LogP contribution >= 0.6 is 0 Å². The van der Waals surface area contributed by atoms with Crippen LogP contribution in [0.1, 0.15) is 0 Å². The molecular formula is C13H11NO. The van der Waals surface area contributed by atoms with Gasteiger partial charge in [0.2, 0.25) is 0 Å². The molecule has 2 heteroatoms. The van der Waals surface area contributed by atoms with Crippen LogP contribution in [0.4, 0.5) is 0 Å². The monoisotopic (exact) mass is 197 g/mol. The average Bonchev–Trinajstić information content (AvgIpc) is 2.87. The largest absolute Gasteiger partial charge is 0.472 e. The fourth-order valence-corrected chi connectivity index (χ4v) is 1.98. The predicted octanol–water partition coefficient (Wildman–Crippen LogP) is 3.44. The van der Waals surface area contributed by atoms with Crippen LogP contribution in [0.2, 0.25) is 0 Å². The van der Waals surface area contributed by atoms with Crippen molar-refractivity contribution in [3.8, 4) is 11.3 Å². The van der Waals surface area contributed by atoms with E-state index in [9.17, 15) is 0 Å². The molecule has 0 aliphatic rings. The molecule has 0 N–H and O–H groups in total. The summed E-state index contributed by atoms with van der Waals surface area (Å²) in [6.07, 6.45) is 3.47. The lowest BCUT2D eigenvalue weighted by Gasteiger charge is -2.00. The molecule has 3 rings (SSSR count). The van der Waals surface area contributed by atoms with Crippen molar-refractivity contribution in [1.29, 1.82) is 0 Å². The number of para-hydroxylation sites is 1. The predicted molar refractivity (Wildman–Crippen MR) is 60.6 cm³/mol. The lowest BCUT2D eigenvalue weighted by atomic mass is 10.2. The Kier molecular flexibility index (Phi) is 1.68. The molecule has 0 saturated heterocycles. The van der Waals surface area contributed by atoms with Gasteiger partial charge in [-0.3, -0.25) is 0 Å². The summed E-state index contributed by atoms with van der Waals surface area (Å²) < 4.78 is 7.29. The molecule has 0 fully saturated rings. The van der Waals surface area contributed by atoms with Crippen LogP contribution in [0.3, 0.4) is 0 Å². The van der Waals surface area contributed by atoms with E-state index < -0.39 is 0 Å². The quantitative estimate of drug-likeness (QED) is 0.584. The van der Waals surface area contributed by atoms with E-state index in [0.717, 1.165) is 5.56 Å². The van der Waals surface area contributed by atoms with E-state index in [0.29, 0.717) is 0 Å². The molecule has 74 valence electrons. The maximum Gasteiger partial charge on any atom is 0.0995 e. The Morgan fingerprint density at radius 1 is 1.13 bits per heavy atom. The van der Waals surface area contributed by atoms with Crippen molar-refractivity contribution in [2.24, 2.45) is 7.05 Å². The zero-order valence-electron chi connectivity index (χ0n) is 8.47. The molecule has 0 aliphatic heterocycles. The molecule has 15 heavy (non-hydrogen) atoms. The number of hydrogen-bond acceptors (Lipinski definition) is 1. The first-order valence-corrected chi connectivity index (χ1v) is 4.93. The Hall–Kier alpha value is -1.96. The van der Waals surface area contributed by atoms with Crippen molar-refractivity contribution in [2.75, 3.05) is 0 Å². The summed E-state index contributed by atoms with van der Waals surface area (Å²) in [5.74, 6) is 0. The van der Waals surface area contributed by atoms with Crippen LogP contribution in [0, 0.1) is 0 Å². The number of hydrogen-bond donors (Lipinski definition) is 0. The minimum absolute atomic E-state index is 1.12. The van der Waals surface area contributed by atoms with Gasteiger partial charge in [-0.1, -0.05) is 18.2 Å². The van der Waals surface area contributed by atoms with Gasteiger partial charge in [0.15, 0.2) is 0 Å². The number of furan rings is 1. The number of benzene rings is 1. The normalized spacial score (nSPS) is 11.0. The molecule has 1 aromatic carbocycles. The number of nitrogens with zero attached hydrogens (tertiary/aromatic N) is 1. The van der Waals surface area contributed by atoms with Crippen molar-refractivity contribution in [2.45, 2.75) is 0 Å². The van der Waals surface area contributed by atoms with E-state index in [-0.39, 0.29) is 0 Å². The van der Waals surface area contributed by atoms with Gasteiger partial charge in [-0.25, -0.2) is 0 Å². The minimum Gasteiger partial charge on any atom is -0.472 e. The maximum absolute atomic E-state index is 5.11. The second-order valence-corrected chi connectivity index (χ2v) is 3.66. The van der Waals surface area contributed by atoms with Gasteiger partial charge >= 0.3 is 0 Å². The minimum atomic E-state index is 1.12. The lowest BCUT2D eigenvalue weighted by Crippen LogP contribution is -1.89. The van der Waals surface area contributed by atoms with Crippen molar-refractivity contribution in [3.05, 3.63) is 48.9 Å². The Labute approximate surface area is 87.7 Å². The Morgan fingerprint density at radius 2 is 2.00 bits per heavy atom. The molecule has 0 spiro atoms. The molecule has 2 heterocycles. The molecule has 2 nitrogen and oxygen atoms in total. The van der Waals surface area contributed by atoms with Crippen molar-refractivity contribution in [3.63, 3.8) is 0 Å². The summed E-state index contributed by atoms with van der Waals surface area (Å²) in [6.45, 7) is 0. The Bertz CT molecular complexity index is 590. The average molecular weight is 197 g/mol. The van der Waals surface area contributed by atoms with E-state index >= 15 is 0 Å². The highest BCUT2D eigenvalue weighted by Gasteiger charge is 2.07. The molecular weight excluding hydrogens is 186 g/mol. The highest BCUT2D eigenvalue weighted by Crippen LogP contribution is 2.26. The van der Waals surface area contributed by atoms with E-state index in [2.05, 4.69) is 41.9 Å². The van der Waals surface area contributed by atoms with Crippen molar-refractivity contribution in [1.82, 2.24) is 4.57 Å². The summed E-state index contributed by atoms with van der Waals surface area (Å²) in [6, 6.07) is 12.5. The van der Waals surface area contributed by atoms with Crippen LogP contribution in [0.25, 0.3) is 22.2 Å². The van der Waals surface area contributed by atoms with Gasteiger partial charge in [-0.05, 0) is 18.2 Å². The Morgan fingerprint density at radius 3 is 2.73 bits per heavy atom. The first kappa shape index (κ1) is 8.36. The van der Waals surface area contributed by atoms with Gasteiger partial charge in [-0.15, -0.1) is 0 Å². The summed E-state index contributed by atoms with van der Waals surface area (Å²) in [5.41, 5.74) is 3.55. The molecule has 3 aromatic rings. The van der Waals surface area contributed by atoms with Gasteiger partial charge in [0.25, 0.3) is 0 Å². The van der Waals surface area contributed by atoms with Crippen molar-refractivity contribution < 1.29 is 4.42 Å². The van der Waals surface area contributed by atoms with Gasteiger partial charge in [0.05, 0.1) is 18.2 Å². The fourth-order valence-electron chi connectivity index (χ4n) is 1.98. The molecule has 2 aromatic heterocycles. The summed E-state index contributed by atoms with van der Waals surface area (Å²) in [5, 5.41) is 1.26. The fraction of sp³-hybridized carbons (Fsp3) is 0.0769. The zero-order valence-corrected chi connectivity index (χ0v) is 8.47. The second kappa shape index (κ2) is 3.02. The summed E-state index contributed by atoms with van der Waals surface area (Å²) >= 11 is 0. The number of fused-ring (bicyclic) bond motifs is 1. The second-order valence-electron chi connectivity index (χ2n) is 3.66. The molecule has 0 radical (unpaired) electrons. The smallest absolute Gasteiger partial charge is 0.0995 e. The molecule has 0 atom stereocenters. The number of aromatic nitrogens is 1. The molecule has 0 unspecified atom stereocenters. The van der Waals surface area contributed by atoms with Gasteiger partial charge in [0, 0.05) is 23.5 Å². The van der Waals surface area contributed by atoms with Crippen molar-refractivity contribution >= 4 is 10.9 Å². The first-order valence-electron chi connectivity index (χ1n) is 4.93. The summed E-state index contributed by atoms with van der Waals surface area (Å²) in [7, 11) is 2.07. The van der Waals surface area contributed by atoms with Crippen LogP contribution in [-0.2, 0) is 7.05 Å². The van der Waals surface area contributed by atoms with E-state index in [4.69, 9.17) is 4.42 Å². The van der Waals surface area contributed by atoms with Gasteiger partial charge < -0.3 is 8.98 Å². The third-order valence-electron chi connectivity index (χ3n) is 2.77. The third kappa shape index (κ3) is 1.18. The van der Waals surface area contributed by atoms with Crippen LogP contribution < -0.4 is 0 Å². The van der Waals surface area contributed by atoms with E-state index in [1.165, 1.54) is 16.6 Å². The highest BCUT2D eigenvalue weighted by molar-refractivity contribution is 5.86. The van der Waals surface area contributed by atoms with Crippen LogP contribution in [0.15, 0.2) is 53.3 Å². The topological polar surface area (TPSA) is 18.1 Å².